The highest BCUT2D eigenvalue weighted by Gasteiger charge is 2.06. The predicted molar refractivity (Wildman–Crippen MR) is 42.6 cm³/mol. The van der Waals surface area contributed by atoms with Gasteiger partial charge in [-0.05, 0) is 18.6 Å². The molecule has 2 nitrogen and oxygen atoms in total. The van der Waals surface area contributed by atoms with Gasteiger partial charge in [-0.25, -0.2) is 0 Å². The van der Waals surface area contributed by atoms with Crippen molar-refractivity contribution in [2.75, 3.05) is 0 Å². The molecule has 1 rings (SSSR count). The molecule has 0 saturated heterocycles. The molecule has 55 valence electrons. The van der Waals surface area contributed by atoms with E-state index in [0.717, 1.165) is 5.69 Å². The van der Waals surface area contributed by atoms with Crippen molar-refractivity contribution in [2.45, 2.75) is 12.3 Å². The lowest BCUT2D eigenvalue weighted by Crippen LogP contribution is -1.95. The summed E-state index contributed by atoms with van der Waals surface area (Å²) in [4.78, 5) is 4.06. The Bertz CT molecular complexity index is 248. The van der Waals surface area contributed by atoms with Gasteiger partial charge in [0.15, 0.2) is 0 Å². The zero-order chi connectivity index (χ0) is 8.10. The summed E-state index contributed by atoms with van der Waals surface area (Å²) in [6.07, 6.45) is 2.27. The molecule has 1 heterocycles. The Morgan fingerprint density at radius 3 is 2.91 bits per heavy atom. The van der Waals surface area contributed by atoms with Crippen molar-refractivity contribution in [3.05, 3.63) is 37.0 Å². The second-order valence-corrected chi connectivity index (χ2v) is 2.22. The van der Waals surface area contributed by atoms with E-state index >= 15 is 0 Å². The van der Waals surface area contributed by atoms with Gasteiger partial charge in [-0.3, -0.25) is 4.98 Å². The van der Waals surface area contributed by atoms with Gasteiger partial charge in [0.05, 0.1) is 17.7 Å². The summed E-state index contributed by atoms with van der Waals surface area (Å²) in [7, 11) is 0. The number of aromatic nitrogens is 1. The molecule has 0 fully saturated rings. The lowest BCUT2D eigenvalue weighted by atomic mass is 10.0. The Balaban J connectivity index is 2.85. The Labute approximate surface area is 66.5 Å². The first-order chi connectivity index (χ1) is 5.38. The van der Waals surface area contributed by atoms with Crippen LogP contribution in [0.2, 0.25) is 0 Å². The SMILES string of the molecule is [CH2]CC(C#N)c1ccccn1. The fourth-order valence-electron chi connectivity index (χ4n) is 0.861. The first kappa shape index (κ1) is 7.74. The molecule has 0 bridgehead atoms. The smallest absolute Gasteiger partial charge is 0.0884 e. The van der Waals surface area contributed by atoms with Gasteiger partial charge >= 0.3 is 0 Å². The Morgan fingerprint density at radius 2 is 2.45 bits per heavy atom. The van der Waals surface area contributed by atoms with Gasteiger partial charge in [0, 0.05) is 6.20 Å². The minimum atomic E-state index is -0.156. The highest BCUT2D eigenvalue weighted by Crippen LogP contribution is 2.14. The molecule has 1 radical (unpaired) electrons. The van der Waals surface area contributed by atoms with Gasteiger partial charge in [0.2, 0.25) is 0 Å². The van der Waals surface area contributed by atoms with E-state index in [0.29, 0.717) is 6.42 Å². The van der Waals surface area contributed by atoms with Crippen LogP contribution in [0.4, 0.5) is 0 Å². The molecule has 1 aromatic rings. The van der Waals surface area contributed by atoms with Crippen molar-refractivity contribution in [3.63, 3.8) is 0 Å². The van der Waals surface area contributed by atoms with Gasteiger partial charge in [-0.2, -0.15) is 5.26 Å². The maximum absolute atomic E-state index is 8.65. The minimum absolute atomic E-state index is 0.156. The number of pyridine rings is 1. The molecule has 1 unspecified atom stereocenters. The van der Waals surface area contributed by atoms with Crippen molar-refractivity contribution >= 4 is 0 Å². The number of hydrogen-bond donors (Lipinski definition) is 0. The van der Waals surface area contributed by atoms with Crippen LogP contribution in [0.5, 0.6) is 0 Å². The van der Waals surface area contributed by atoms with Crippen molar-refractivity contribution in [2.24, 2.45) is 0 Å². The van der Waals surface area contributed by atoms with E-state index in [1.807, 2.05) is 18.2 Å². The first-order valence-electron chi connectivity index (χ1n) is 3.48. The molecule has 2 heteroatoms. The fourth-order valence-corrected chi connectivity index (χ4v) is 0.861. The molecule has 0 aliphatic heterocycles. The van der Waals surface area contributed by atoms with E-state index in [4.69, 9.17) is 5.26 Å². The van der Waals surface area contributed by atoms with Gasteiger partial charge in [-0.15, -0.1) is 0 Å². The molecule has 0 aliphatic carbocycles. The van der Waals surface area contributed by atoms with Gasteiger partial charge in [0.1, 0.15) is 0 Å². The van der Waals surface area contributed by atoms with Crippen LogP contribution in [-0.2, 0) is 0 Å². The van der Waals surface area contributed by atoms with E-state index in [1.54, 1.807) is 6.20 Å². The molecule has 1 atom stereocenters. The van der Waals surface area contributed by atoms with Crippen molar-refractivity contribution < 1.29 is 0 Å². The van der Waals surface area contributed by atoms with Gasteiger partial charge in [-0.1, -0.05) is 13.0 Å². The maximum Gasteiger partial charge on any atom is 0.0884 e. The van der Waals surface area contributed by atoms with Crippen LogP contribution in [-0.4, -0.2) is 4.98 Å². The van der Waals surface area contributed by atoms with Crippen LogP contribution < -0.4 is 0 Å². The van der Waals surface area contributed by atoms with E-state index in [-0.39, 0.29) is 5.92 Å². The predicted octanol–water partition coefficient (Wildman–Crippen LogP) is 1.91. The molecule has 0 amide bonds. The highest BCUT2D eigenvalue weighted by molar-refractivity contribution is 5.16. The minimum Gasteiger partial charge on any atom is -0.260 e. The molecule has 0 spiro atoms. The summed E-state index contributed by atoms with van der Waals surface area (Å²) < 4.78 is 0. The molecule has 0 aliphatic rings. The Kier molecular flexibility index (Phi) is 2.62. The normalized spacial score (nSPS) is 12.0. The lowest BCUT2D eigenvalue weighted by molar-refractivity contribution is 0.835. The number of nitrogens with zero attached hydrogens (tertiary/aromatic N) is 2. The summed E-state index contributed by atoms with van der Waals surface area (Å²) in [5, 5.41) is 8.65. The molecule has 11 heavy (non-hydrogen) atoms. The van der Waals surface area contributed by atoms with Crippen LogP contribution in [0.3, 0.4) is 0 Å². The molecule has 0 N–H and O–H groups in total. The van der Waals surface area contributed by atoms with Crippen LogP contribution in [0.1, 0.15) is 18.0 Å². The van der Waals surface area contributed by atoms with Crippen molar-refractivity contribution in [1.82, 2.24) is 4.98 Å². The van der Waals surface area contributed by atoms with Gasteiger partial charge < -0.3 is 0 Å². The average molecular weight is 145 g/mol. The van der Waals surface area contributed by atoms with Crippen LogP contribution in [0.15, 0.2) is 24.4 Å². The second kappa shape index (κ2) is 3.72. The highest BCUT2D eigenvalue weighted by atomic mass is 14.7. The molecular weight excluding hydrogens is 136 g/mol. The topological polar surface area (TPSA) is 36.7 Å². The monoisotopic (exact) mass is 145 g/mol. The number of rotatable bonds is 2. The maximum atomic E-state index is 8.65. The summed E-state index contributed by atoms with van der Waals surface area (Å²) in [6, 6.07) is 7.70. The van der Waals surface area contributed by atoms with E-state index in [1.165, 1.54) is 0 Å². The van der Waals surface area contributed by atoms with Crippen LogP contribution >= 0.6 is 0 Å². The fraction of sp³-hybridized carbons (Fsp3) is 0.222. The molecule has 1 aromatic heterocycles. The van der Waals surface area contributed by atoms with Crippen LogP contribution in [0.25, 0.3) is 0 Å². The quantitative estimate of drug-likeness (QED) is 0.637. The second-order valence-electron chi connectivity index (χ2n) is 2.22. The standard InChI is InChI=1S/C9H9N2/c1-2-8(7-10)9-5-3-4-6-11-9/h3-6,8H,1-2H2. The summed E-state index contributed by atoms with van der Waals surface area (Å²) >= 11 is 0. The van der Waals surface area contributed by atoms with E-state index in [9.17, 15) is 0 Å². The third-order valence-electron chi connectivity index (χ3n) is 1.49. The van der Waals surface area contributed by atoms with Crippen molar-refractivity contribution in [1.29, 1.82) is 5.26 Å². The largest absolute Gasteiger partial charge is 0.260 e. The molecule has 0 aromatic carbocycles. The zero-order valence-electron chi connectivity index (χ0n) is 6.20. The van der Waals surface area contributed by atoms with Gasteiger partial charge in [0.25, 0.3) is 0 Å². The zero-order valence-corrected chi connectivity index (χ0v) is 6.20. The third kappa shape index (κ3) is 1.78. The molecule has 0 saturated carbocycles. The average Bonchev–Trinajstić information content (AvgIpc) is 2.09. The molecular formula is C9H9N2. The summed E-state index contributed by atoms with van der Waals surface area (Å²) in [6.45, 7) is 3.67. The van der Waals surface area contributed by atoms with E-state index in [2.05, 4.69) is 18.0 Å². The first-order valence-corrected chi connectivity index (χ1v) is 3.48. The van der Waals surface area contributed by atoms with Crippen molar-refractivity contribution in [3.8, 4) is 6.07 Å². The third-order valence-corrected chi connectivity index (χ3v) is 1.49. The van der Waals surface area contributed by atoms with E-state index < -0.39 is 0 Å². The Morgan fingerprint density at radius 1 is 1.64 bits per heavy atom. The number of nitriles is 1. The lowest BCUT2D eigenvalue weighted by Gasteiger charge is -2.02. The Hall–Kier alpha value is -1.36. The summed E-state index contributed by atoms with van der Waals surface area (Å²) in [5.74, 6) is -0.156. The van der Waals surface area contributed by atoms with Crippen LogP contribution in [0, 0.1) is 18.3 Å². The summed E-state index contributed by atoms with van der Waals surface area (Å²) in [5.41, 5.74) is 0.810. The number of hydrogen-bond acceptors (Lipinski definition) is 2.